The van der Waals surface area contributed by atoms with E-state index in [2.05, 4.69) is 15.9 Å². The van der Waals surface area contributed by atoms with Crippen molar-refractivity contribution in [2.24, 2.45) is 0 Å². The van der Waals surface area contributed by atoms with Crippen LogP contribution in [0.5, 0.6) is 0 Å². The van der Waals surface area contributed by atoms with Gasteiger partial charge in [-0.15, -0.1) is 0 Å². The molecule has 1 aromatic carbocycles. The lowest BCUT2D eigenvalue weighted by Gasteiger charge is -2.33. The molecule has 0 spiro atoms. The van der Waals surface area contributed by atoms with Gasteiger partial charge in [-0.2, -0.15) is 8.42 Å². The molecule has 2 N–H and O–H groups in total. The summed E-state index contributed by atoms with van der Waals surface area (Å²) in [7, 11) is -4.72. The number of halogens is 1. The standard InChI is InChI=1S/C10H12BrNO5S/c1-10(2,9(13)14)12(18(15,16)17)8-6-4-3-5-7(8)11/h3-6H,1-2H3,(H,13,14)(H,15,16,17). The number of carboxylic acid groups (broad SMARTS) is 1. The number of aliphatic carboxylic acids is 1. The number of hydrogen-bond donors (Lipinski definition) is 2. The largest absolute Gasteiger partial charge is 0.479 e. The first-order valence-corrected chi connectivity index (χ1v) is 7.03. The Hall–Kier alpha value is -1.12. The fourth-order valence-electron chi connectivity index (χ4n) is 1.42. The van der Waals surface area contributed by atoms with Gasteiger partial charge in [-0.25, -0.2) is 9.10 Å². The van der Waals surface area contributed by atoms with Crippen molar-refractivity contribution in [3.8, 4) is 0 Å². The van der Waals surface area contributed by atoms with Gasteiger partial charge >= 0.3 is 16.3 Å². The number of carboxylic acids is 1. The minimum atomic E-state index is -4.72. The molecule has 0 amide bonds. The summed E-state index contributed by atoms with van der Waals surface area (Å²) in [6.07, 6.45) is 0. The maximum Gasteiger partial charge on any atom is 0.361 e. The molecule has 100 valence electrons. The van der Waals surface area contributed by atoms with Crippen LogP contribution in [-0.4, -0.2) is 29.6 Å². The van der Waals surface area contributed by atoms with Crippen LogP contribution < -0.4 is 4.31 Å². The summed E-state index contributed by atoms with van der Waals surface area (Å²) in [6, 6.07) is 6.12. The quantitative estimate of drug-likeness (QED) is 0.818. The van der Waals surface area contributed by atoms with Crippen molar-refractivity contribution in [1.29, 1.82) is 0 Å². The van der Waals surface area contributed by atoms with Crippen LogP contribution in [0.4, 0.5) is 5.69 Å². The number of anilines is 1. The first-order chi connectivity index (χ1) is 8.08. The molecule has 0 aliphatic rings. The molecule has 18 heavy (non-hydrogen) atoms. The number of para-hydroxylation sites is 1. The lowest BCUT2D eigenvalue weighted by atomic mass is 10.1. The summed E-state index contributed by atoms with van der Waals surface area (Å²) in [6.45, 7) is 2.37. The molecule has 1 aromatic rings. The van der Waals surface area contributed by atoms with Crippen molar-refractivity contribution in [1.82, 2.24) is 0 Å². The summed E-state index contributed by atoms with van der Waals surface area (Å²) in [5.41, 5.74) is -1.77. The van der Waals surface area contributed by atoms with Crippen LogP contribution in [0.1, 0.15) is 13.8 Å². The maximum absolute atomic E-state index is 11.4. The zero-order chi connectivity index (χ0) is 14.1. The molecule has 0 unspecified atom stereocenters. The summed E-state index contributed by atoms with van der Waals surface area (Å²) in [5.74, 6) is -1.38. The van der Waals surface area contributed by atoms with Crippen LogP contribution >= 0.6 is 15.9 Å². The Kier molecular flexibility index (Phi) is 4.04. The van der Waals surface area contributed by atoms with Crippen molar-refractivity contribution in [3.05, 3.63) is 28.7 Å². The molecule has 0 aromatic heterocycles. The SMILES string of the molecule is CC(C)(C(=O)O)N(c1ccccc1Br)S(=O)(=O)O. The van der Waals surface area contributed by atoms with E-state index < -0.39 is 21.8 Å². The molecular formula is C10H12BrNO5S. The van der Waals surface area contributed by atoms with Crippen LogP contribution in [0.2, 0.25) is 0 Å². The van der Waals surface area contributed by atoms with Crippen molar-refractivity contribution in [2.75, 3.05) is 4.31 Å². The summed E-state index contributed by atoms with van der Waals surface area (Å²) in [5, 5.41) is 9.09. The highest BCUT2D eigenvalue weighted by atomic mass is 79.9. The molecule has 8 heteroatoms. The molecule has 0 atom stereocenters. The van der Waals surface area contributed by atoms with Crippen molar-refractivity contribution in [3.63, 3.8) is 0 Å². The van der Waals surface area contributed by atoms with Gasteiger partial charge in [-0.3, -0.25) is 4.55 Å². The maximum atomic E-state index is 11.4. The molecule has 0 bridgehead atoms. The second-order valence-electron chi connectivity index (χ2n) is 4.06. The van der Waals surface area contributed by atoms with Gasteiger partial charge in [0.1, 0.15) is 5.54 Å². The van der Waals surface area contributed by atoms with Crippen LogP contribution in [0.3, 0.4) is 0 Å². The van der Waals surface area contributed by atoms with Gasteiger partial charge < -0.3 is 5.11 Å². The monoisotopic (exact) mass is 337 g/mol. The van der Waals surface area contributed by atoms with Gasteiger partial charge in [0.2, 0.25) is 0 Å². The van der Waals surface area contributed by atoms with E-state index in [4.69, 9.17) is 5.11 Å². The smallest absolute Gasteiger partial charge is 0.361 e. The third kappa shape index (κ3) is 2.82. The van der Waals surface area contributed by atoms with Gasteiger partial charge in [-0.05, 0) is 41.9 Å². The van der Waals surface area contributed by atoms with E-state index in [-0.39, 0.29) is 5.69 Å². The minimum Gasteiger partial charge on any atom is -0.479 e. The van der Waals surface area contributed by atoms with Crippen LogP contribution in [0, 0.1) is 0 Å². The summed E-state index contributed by atoms with van der Waals surface area (Å²) >= 11 is 3.12. The molecule has 0 heterocycles. The second-order valence-corrected chi connectivity index (χ2v) is 6.17. The fourth-order valence-corrected chi connectivity index (χ4v) is 3.06. The average Bonchev–Trinajstić information content (AvgIpc) is 2.18. The van der Waals surface area contributed by atoms with E-state index in [0.29, 0.717) is 8.78 Å². The number of carbonyl (C=O) groups is 1. The topological polar surface area (TPSA) is 94.9 Å². The lowest BCUT2D eigenvalue weighted by Crippen LogP contribution is -2.53. The second kappa shape index (κ2) is 4.87. The zero-order valence-electron chi connectivity index (χ0n) is 9.66. The predicted molar refractivity (Wildman–Crippen MR) is 69.9 cm³/mol. The van der Waals surface area contributed by atoms with Crippen LogP contribution in [-0.2, 0) is 15.1 Å². The highest BCUT2D eigenvalue weighted by Gasteiger charge is 2.42. The van der Waals surface area contributed by atoms with E-state index in [9.17, 15) is 17.8 Å². The molecule has 0 fully saturated rings. The molecule has 0 saturated carbocycles. The van der Waals surface area contributed by atoms with Gasteiger partial charge in [0.15, 0.2) is 0 Å². The van der Waals surface area contributed by atoms with Gasteiger partial charge in [-0.1, -0.05) is 12.1 Å². The lowest BCUT2D eigenvalue weighted by molar-refractivity contribution is -0.141. The molecular weight excluding hydrogens is 326 g/mol. The Morgan fingerprint density at radius 2 is 1.83 bits per heavy atom. The highest BCUT2D eigenvalue weighted by molar-refractivity contribution is 9.10. The molecule has 0 saturated heterocycles. The highest BCUT2D eigenvalue weighted by Crippen LogP contribution is 2.33. The van der Waals surface area contributed by atoms with Gasteiger partial charge in [0, 0.05) is 4.47 Å². The number of nitrogens with zero attached hydrogens (tertiary/aromatic N) is 1. The Morgan fingerprint density at radius 1 is 1.33 bits per heavy atom. The first kappa shape index (κ1) is 14.9. The van der Waals surface area contributed by atoms with Crippen LogP contribution in [0.15, 0.2) is 28.7 Å². The van der Waals surface area contributed by atoms with E-state index >= 15 is 0 Å². The van der Waals surface area contributed by atoms with E-state index in [1.807, 2.05) is 0 Å². The Morgan fingerprint density at radius 3 is 2.22 bits per heavy atom. The minimum absolute atomic E-state index is 0.0485. The van der Waals surface area contributed by atoms with E-state index in [1.54, 1.807) is 12.1 Å². The average molecular weight is 338 g/mol. The third-order valence-electron chi connectivity index (χ3n) is 2.33. The van der Waals surface area contributed by atoms with Crippen molar-refractivity contribution < 1.29 is 22.9 Å². The first-order valence-electron chi connectivity index (χ1n) is 4.84. The summed E-state index contributed by atoms with van der Waals surface area (Å²) < 4.78 is 32.9. The van der Waals surface area contributed by atoms with Gasteiger partial charge in [0.05, 0.1) is 5.69 Å². The third-order valence-corrected chi connectivity index (χ3v) is 4.12. The summed E-state index contributed by atoms with van der Waals surface area (Å²) in [4.78, 5) is 11.2. The molecule has 1 rings (SSSR count). The molecule has 0 radical (unpaired) electrons. The fraction of sp³-hybridized carbons (Fsp3) is 0.300. The molecule has 0 aliphatic carbocycles. The van der Waals surface area contributed by atoms with Crippen LogP contribution in [0.25, 0.3) is 0 Å². The Bertz CT molecular complexity index is 569. The normalized spacial score (nSPS) is 12.2. The number of hydrogen-bond acceptors (Lipinski definition) is 3. The molecule has 6 nitrogen and oxygen atoms in total. The molecule has 0 aliphatic heterocycles. The predicted octanol–water partition coefficient (Wildman–Crippen LogP) is 1.92. The van der Waals surface area contributed by atoms with Crippen molar-refractivity contribution in [2.45, 2.75) is 19.4 Å². The number of benzene rings is 1. The van der Waals surface area contributed by atoms with E-state index in [1.165, 1.54) is 26.0 Å². The zero-order valence-corrected chi connectivity index (χ0v) is 12.1. The van der Waals surface area contributed by atoms with Gasteiger partial charge in [0.25, 0.3) is 0 Å². The Labute approximate surface area is 113 Å². The number of rotatable bonds is 4. The Balaban J connectivity index is 3.52. The van der Waals surface area contributed by atoms with E-state index in [0.717, 1.165) is 0 Å². The van der Waals surface area contributed by atoms with Crippen molar-refractivity contribution >= 4 is 37.9 Å².